The number of ether oxygens (including phenoxy) is 1. The molecule has 0 radical (unpaired) electrons. The molecule has 0 spiro atoms. The Labute approximate surface area is 109 Å². The summed E-state index contributed by atoms with van der Waals surface area (Å²) in [6, 6.07) is 2.08. The second-order valence-corrected chi connectivity index (χ2v) is 5.60. The fourth-order valence-electron chi connectivity index (χ4n) is 3.31. The first-order valence-electron chi connectivity index (χ1n) is 7.32. The van der Waals surface area contributed by atoms with E-state index in [9.17, 15) is 5.11 Å². The molecule has 100 valence electrons. The molecule has 1 heterocycles. The van der Waals surface area contributed by atoms with Gasteiger partial charge >= 0.3 is 0 Å². The molecule has 1 aromatic rings. The van der Waals surface area contributed by atoms with Gasteiger partial charge in [-0.3, -0.25) is 0 Å². The molecule has 1 N–H and O–H groups in total. The fraction of sp³-hybridized carbons (Fsp3) is 0.733. The highest BCUT2D eigenvalue weighted by Gasteiger charge is 2.21. The van der Waals surface area contributed by atoms with Crippen molar-refractivity contribution in [3.8, 4) is 0 Å². The quantitative estimate of drug-likeness (QED) is 0.890. The zero-order valence-corrected chi connectivity index (χ0v) is 11.0. The first-order valence-corrected chi connectivity index (χ1v) is 7.32. The molecule has 3 nitrogen and oxygen atoms in total. The van der Waals surface area contributed by atoms with Crippen LogP contribution in [0.3, 0.4) is 0 Å². The van der Waals surface area contributed by atoms with Crippen LogP contribution in [0.4, 0.5) is 0 Å². The summed E-state index contributed by atoms with van der Waals surface area (Å²) in [6.07, 6.45) is 10.6. The van der Waals surface area contributed by atoms with E-state index in [0.29, 0.717) is 6.10 Å². The summed E-state index contributed by atoms with van der Waals surface area (Å²) in [6.45, 7) is 1.74. The van der Waals surface area contributed by atoms with E-state index in [1.54, 1.807) is 0 Å². The van der Waals surface area contributed by atoms with Gasteiger partial charge in [0.05, 0.1) is 18.8 Å². The first kappa shape index (κ1) is 12.2. The number of aliphatic hydroxyl groups excluding tert-OH is 1. The van der Waals surface area contributed by atoms with Crippen LogP contribution in [0.15, 0.2) is 12.3 Å². The largest absolute Gasteiger partial charge is 0.388 e. The van der Waals surface area contributed by atoms with Crippen LogP contribution >= 0.6 is 0 Å². The van der Waals surface area contributed by atoms with Crippen LogP contribution < -0.4 is 0 Å². The summed E-state index contributed by atoms with van der Waals surface area (Å²) in [5.74, 6) is 0. The first-order chi connectivity index (χ1) is 8.84. The summed E-state index contributed by atoms with van der Waals surface area (Å²) in [7, 11) is 0. The van der Waals surface area contributed by atoms with Gasteiger partial charge < -0.3 is 14.4 Å². The lowest BCUT2D eigenvalue weighted by Crippen LogP contribution is -2.16. The fourth-order valence-corrected chi connectivity index (χ4v) is 3.31. The molecule has 1 saturated carbocycles. The van der Waals surface area contributed by atoms with E-state index in [2.05, 4.69) is 16.8 Å². The third-order valence-corrected chi connectivity index (χ3v) is 4.35. The van der Waals surface area contributed by atoms with Crippen molar-refractivity contribution < 1.29 is 9.84 Å². The Morgan fingerprint density at radius 1 is 1.22 bits per heavy atom. The Kier molecular flexibility index (Phi) is 3.71. The highest BCUT2D eigenvalue weighted by molar-refractivity contribution is 5.27. The van der Waals surface area contributed by atoms with Crippen molar-refractivity contribution in [3.05, 3.63) is 23.5 Å². The smallest absolute Gasteiger partial charge is 0.0807 e. The number of hydrogen-bond acceptors (Lipinski definition) is 2. The lowest BCUT2D eigenvalue weighted by atomic mass is 9.95. The zero-order chi connectivity index (χ0) is 12.4. The normalized spacial score (nSPS) is 24.4. The van der Waals surface area contributed by atoms with E-state index in [1.807, 2.05) is 0 Å². The van der Waals surface area contributed by atoms with Crippen LogP contribution in [0.1, 0.15) is 55.9 Å². The van der Waals surface area contributed by atoms with Gasteiger partial charge in [0.25, 0.3) is 0 Å². The zero-order valence-electron chi connectivity index (χ0n) is 11.0. The molecular weight excluding hydrogens is 226 g/mol. The Hall–Kier alpha value is -0.800. The average molecular weight is 249 g/mol. The van der Waals surface area contributed by atoms with Gasteiger partial charge in [-0.2, -0.15) is 0 Å². The minimum Gasteiger partial charge on any atom is -0.388 e. The maximum atomic E-state index is 9.93. The molecule has 3 rings (SSSR count). The summed E-state index contributed by atoms with van der Waals surface area (Å²) in [5, 5.41) is 9.93. The van der Waals surface area contributed by atoms with Crippen LogP contribution in [0.2, 0.25) is 0 Å². The van der Waals surface area contributed by atoms with E-state index < -0.39 is 0 Å². The minimum absolute atomic E-state index is 0.245. The molecule has 2 aliphatic carbocycles. The van der Waals surface area contributed by atoms with Crippen molar-refractivity contribution >= 4 is 0 Å². The molecule has 0 aromatic carbocycles. The Bertz CT molecular complexity index is 393. The maximum Gasteiger partial charge on any atom is 0.0807 e. The Morgan fingerprint density at radius 2 is 2.06 bits per heavy atom. The van der Waals surface area contributed by atoms with Crippen LogP contribution in [-0.4, -0.2) is 22.4 Å². The van der Waals surface area contributed by atoms with Crippen molar-refractivity contribution in [1.29, 1.82) is 0 Å². The average Bonchev–Trinajstić information content (AvgIpc) is 3.00. The predicted octanol–water partition coefficient (Wildman–Crippen LogP) is 2.82. The molecule has 18 heavy (non-hydrogen) atoms. The molecule has 3 heteroatoms. The van der Waals surface area contributed by atoms with Gasteiger partial charge in [-0.25, -0.2) is 0 Å². The van der Waals surface area contributed by atoms with E-state index in [-0.39, 0.29) is 6.10 Å². The van der Waals surface area contributed by atoms with Gasteiger partial charge in [-0.1, -0.05) is 12.8 Å². The SMILES string of the molecule is OC1CCCc2c1ccn2CCOC1CCCC1. The molecule has 1 atom stereocenters. The van der Waals surface area contributed by atoms with Crippen molar-refractivity contribution in [1.82, 2.24) is 4.57 Å². The molecule has 1 unspecified atom stereocenters. The molecule has 0 aliphatic heterocycles. The molecule has 2 aliphatic rings. The number of aliphatic hydroxyl groups is 1. The van der Waals surface area contributed by atoms with Crippen LogP contribution in [0.5, 0.6) is 0 Å². The standard InChI is InChI=1S/C15H23NO2/c17-15-7-3-6-14-13(15)8-9-16(14)10-11-18-12-4-1-2-5-12/h8-9,12,15,17H,1-7,10-11H2. The van der Waals surface area contributed by atoms with Crippen LogP contribution in [-0.2, 0) is 17.7 Å². The van der Waals surface area contributed by atoms with Crippen LogP contribution in [0, 0.1) is 0 Å². The lowest BCUT2D eigenvalue weighted by molar-refractivity contribution is 0.0524. The Morgan fingerprint density at radius 3 is 2.89 bits per heavy atom. The molecule has 1 aromatic heterocycles. The van der Waals surface area contributed by atoms with Crippen molar-refractivity contribution in [2.45, 2.75) is 63.7 Å². The highest BCUT2D eigenvalue weighted by Crippen LogP contribution is 2.30. The number of fused-ring (bicyclic) bond motifs is 1. The maximum absolute atomic E-state index is 9.93. The van der Waals surface area contributed by atoms with Gasteiger partial charge in [0.1, 0.15) is 0 Å². The van der Waals surface area contributed by atoms with Crippen LogP contribution in [0.25, 0.3) is 0 Å². The van der Waals surface area contributed by atoms with E-state index in [1.165, 1.54) is 31.4 Å². The second-order valence-electron chi connectivity index (χ2n) is 5.60. The van der Waals surface area contributed by atoms with E-state index in [4.69, 9.17) is 4.74 Å². The monoisotopic (exact) mass is 249 g/mol. The number of rotatable bonds is 4. The molecule has 1 fully saturated rings. The van der Waals surface area contributed by atoms with Gasteiger partial charge in [-0.05, 0) is 38.2 Å². The summed E-state index contributed by atoms with van der Waals surface area (Å²) < 4.78 is 8.18. The predicted molar refractivity (Wildman–Crippen MR) is 70.5 cm³/mol. The van der Waals surface area contributed by atoms with Gasteiger partial charge in [0, 0.05) is 24.0 Å². The highest BCUT2D eigenvalue weighted by atomic mass is 16.5. The molecule has 0 bridgehead atoms. The molecule has 0 saturated heterocycles. The van der Waals surface area contributed by atoms with Crippen molar-refractivity contribution in [2.75, 3.05) is 6.61 Å². The van der Waals surface area contributed by atoms with Crippen molar-refractivity contribution in [3.63, 3.8) is 0 Å². The Balaban J connectivity index is 1.56. The summed E-state index contributed by atoms with van der Waals surface area (Å²) >= 11 is 0. The number of hydrogen-bond donors (Lipinski definition) is 1. The van der Waals surface area contributed by atoms with Gasteiger partial charge in [-0.15, -0.1) is 0 Å². The molecular formula is C15H23NO2. The van der Waals surface area contributed by atoms with Gasteiger partial charge in [0.2, 0.25) is 0 Å². The molecule has 0 amide bonds. The lowest BCUT2D eigenvalue weighted by Gasteiger charge is -2.20. The third kappa shape index (κ3) is 2.47. The summed E-state index contributed by atoms with van der Waals surface area (Å²) in [5.41, 5.74) is 2.46. The van der Waals surface area contributed by atoms with Crippen molar-refractivity contribution in [2.24, 2.45) is 0 Å². The number of aromatic nitrogens is 1. The topological polar surface area (TPSA) is 34.4 Å². The number of nitrogens with zero attached hydrogens (tertiary/aromatic N) is 1. The summed E-state index contributed by atoms with van der Waals surface area (Å²) in [4.78, 5) is 0. The van der Waals surface area contributed by atoms with E-state index in [0.717, 1.165) is 38.0 Å². The minimum atomic E-state index is -0.245. The van der Waals surface area contributed by atoms with Gasteiger partial charge in [0.15, 0.2) is 0 Å². The van der Waals surface area contributed by atoms with E-state index >= 15 is 0 Å². The third-order valence-electron chi connectivity index (χ3n) is 4.35. The second kappa shape index (κ2) is 5.45.